The maximum atomic E-state index is 10.9. The summed E-state index contributed by atoms with van der Waals surface area (Å²) in [5.74, 6) is -2.64. The number of halogens is 1. The Bertz CT molecular complexity index is 844. The van der Waals surface area contributed by atoms with Crippen molar-refractivity contribution in [3.63, 3.8) is 0 Å². The highest BCUT2D eigenvalue weighted by molar-refractivity contribution is 6.33. The van der Waals surface area contributed by atoms with Gasteiger partial charge in [-0.3, -0.25) is 14.4 Å². The van der Waals surface area contributed by atoms with Crippen molar-refractivity contribution in [1.82, 2.24) is 0 Å². The van der Waals surface area contributed by atoms with E-state index in [9.17, 15) is 24.6 Å². The van der Waals surface area contributed by atoms with Crippen LogP contribution in [-0.4, -0.2) is 27.9 Å². The lowest BCUT2D eigenvalue weighted by atomic mass is 9.94. The molecule has 0 atom stereocenters. The smallest absolute Gasteiger partial charge is 0.241 e. The molecule has 0 saturated carbocycles. The van der Waals surface area contributed by atoms with Gasteiger partial charge in [-0.25, -0.2) is 0 Å². The molecule has 3 amide bonds. The molecule has 1 aromatic rings. The first-order chi connectivity index (χ1) is 12.6. The Morgan fingerprint density at radius 1 is 0.704 bits per heavy atom. The van der Waals surface area contributed by atoms with Crippen molar-refractivity contribution in [2.75, 3.05) is 0 Å². The summed E-state index contributed by atoms with van der Waals surface area (Å²) in [6.45, 7) is 0. The normalized spacial score (nSPS) is 11.6. The number of nitrogens with two attached hydrogens (primary N) is 3. The van der Waals surface area contributed by atoms with Gasteiger partial charge in [-0.15, -0.1) is 0 Å². The predicted octanol–water partition coefficient (Wildman–Crippen LogP) is 0.503. The number of allylic oxidation sites excluding steroid dienone is 3. The molecular weight excluding hydrogens is 374 g/mol. The molecule has 0 bridgehead atoms. The average molecular weight is 394 g/mol. The molecule has 0 spiro atoms. The van der Waals surface area contributed by atoms with Crippen LogP contribution in [0.25, 0.3) is 0 Å². The van der Waals surface area contributed by atoms with Gasteiger partial charge in [0.25, 0.3) is 0 Å². The molecule has 0 aliphatic heterocycles. The van der Waals surface area contributed by atoms with Crippen LogP contribution in [0.2, 0.25) is 5.02 Å². The van der Waals surface area contributed by atoms with E-state index >= 15 is 0 Å². The minimum atomic E-state index is -0.682. The number of amides is 3. The fourth-order valence-electron chi connectivity index (χ4n) is 2.35. The van der Waals surface area contributed by atoms with Crippen LogP contribution in [0.5, 0.6) is 11.5 Å². The number of hydrogen-bond donors (Lipinski definition) is 5. The van der Waals surface area contributed by atoms with E-state index in [0.717, 1.165) is 18.2 Å². The molecule has 8 N–H and O–H groups in total. The zero-order valence-electron chi connectivity index (χ0n) is 14.3. The monoisotopic (exact) mass is 393 g/mol. The van der Waals surface area contributed by atoms with Crippen LogP contribution in [0.1, 0.15) is 16.7 Å². The van der Waals surface area contributed by atoms with Crippen molar-refractivity contribution in [3.05, 3.63) is 58.2 Å². The van der Waals surface area contributed by atoms with E-state index in [4.69, 9.17) is 28.8 Å². The highest BCUT2D eigenvalue weighted by Crippen LogP contribution is 2.42. The number of carbonyl (C=O) groups excluding carboxylic acids is 3. The van der Waals surface area contributed by atoms with Crippen molar-refractivity contribution >= 4 is 29.3 Å². The Kier molecular flexibility index (Phi) is 8.09. The zero-order valence-corrected chi connectivity index (χ0v) is 15.1. The number of aromatic hydroxyl groups is 2. The van der Waals surface area contributed by atoms with Crippen LogP contribution in [-0.2, 0) is 33.6 Å². The number of benzene rings is 1. The van der Waals surface area contributed by atoms with E-state index in [1.165, 1.54) is 18.2 Å². The van der Waals surface area contributed by atoms with Gasteiger partial charge in [0.1, 0.15) is 11.5 Å². The maximum Gasteiger partial charge on any atom is 0.241 e. The highest BCUT2D eigenvalue weighted by atomic mass is 35.5. The quantitative estimate of drug-likeness (QED) is 0.384. The fraction of sp³-hybridized carbons (Fsp3) is 0.167. The molecule has 9 heteroatoms. The summed E-state index contributed by atoms with van der Waals surface area (Å²) in [4.78, 5) is 32.6. The third kappa shape index (κ3) is 6.52. The summed E-state index contributed by atoms with van der Waals surface area (Å²) in [5.41, 5.74) is 15.9. The molecule has 0 aliphatic rings. The van der Waals surface area contributed by atoms with Crippen LogP contribution < -0.4 is 17.2 Å². The SMILES string of the molecule is NC(=O)C=CCc1c(O)c(Cl)c(CC=CC(N)=O)c(CC=CC(N)=O)c1O. The third-order valence-electron chi connectivity index (χ3n) is 3.51. The lowest BCUT2D eigenvalue weighted by Gasteiger charge is -2.17. The molecule has 0 heterocycles. The minimum Gasteiger partial charge on any atom is -0.507 e. The maximum absolute atomic E-state index is 10.9. The summed E-state index contributed by atoms with van der Waals surface area (Å²) in [5, 5.41) is 20.9. The van der Waals surface area contributed by atoms with Gasteiger partial charge in [0, 0.05) is 11.1 Å². The number of phenols is 2. The van der Waals surface area contributed by atoms with Gasteiger partial charge in [0.2, 0.25) is 17.7 Å². The van der Waals surface area contributed by atoms with Crippen molar-refractivity contribution in [3.8, 4) is 11.5 Å². The van der Waals surface area contributed by atoms with E-state index in [1.807, 2.05) is 0 Å². The molecule has 0 aromatic heterocycles. The molecule has 0 aliphatic carbocycles. The van der Waals surface area contributed by atoms with E-state index < -0.39 is 17.7 Å². The van der Waals surface area contributed by atoms with E-state index in [0.29, 0.717) is 11.1 Å². The molecule has 8 nitrogen and oxygen atoms in total. The lowest BCUT2D eigenvalue weighted by molar-refractivity contribution is -0.114. The minimum absolute atomic E-state index is 0.00966. The van der Waals surface area contributed by atoms with Crippen molar-refractivity contribution < 1.29 is 24.6 Å². The van der Waals surface area contributed by atoms with Gasteiger partial charge in [0.15, 0.2) is 0 Å². The summed E-state index contributed by atoms with van der Waals surface area (Å²) < 4.78 is 0. The number of carbonyl (C=O) groups is 3. The van der Waals surface area contributed by atoms with Crippen LogP contribution in [0.3, 0.4) is 0 Å². The lowest BCUT2D eigenvalue weighted by Crippen LogP contribution is -2.07. The van der Waals surface area contributed by atoms with Crippen LogP contribution in [0.15, 0.2) is 36.5 Å². The summed E-state index contributed by atoms with van der Waals surface area (Å²) in [6.07, 6.45) is 7.72. The number of phenolic OH excluding ortho intramolecular Hbond substituents is 2. The number of hydrogen-bond acceptors (Lipinski definition) is 5. The fourth-order valence-corrected chi connectivity index (χ4v) is 2.66. The molecular formula is C18H20ClN3O5. The van der Waals surface area contributed by atoms with Gasteiger partial charge in [-0.05, 0) is 43.1 Å². The van der Waals surface area contributed by atoms with Gasteiger partial charge in [-0.1, -0.05) is 29.8 Å². The van der Waals surface area contributed by atoms with Crippen molar-refractivity contribution in [2.24, 2.45) is 17.2 Å². The van der Waals surface area contributed by atoms with Gasteiger partial charge in [0.05, 0.1) is 5.02 Å². The number of primary amides is 3. The highest BCUT2D eigenvalue weighted by Gasteiger charge is 2.20. The number of rotatable bonds is 9. The molecule has 0 unspecified atom stereocenters. The Morgan fingerprint density at radius 2 is 1.07 bits per heavy atom. The van der Waals surface area contributed by atoms with Gasteiger partial charge >= 0.3 is 0 Å². The van der Waals surface area contributed by atoms with Crippen molar-refractivity contribution in [1.29, 1.82) is 0 Å². The molecule has 1 rings (SSSR count). The standard InChI is InChI=1S/C18H20ClN3O5/c19-16-10(4-1-7-13(20)23)11(5-2-8-14(21)24)17(26)12(18(16)27)6-3-9-15(22)25/h1-3,7-9,26-27H,4-6H2,(H2,20,23)(H2,21,24)(H2,22,25). The van der Waals surface area contributed by atoms with Gasteiger partial charge < -0.3 is 27.4 Å². The largest absolute Gasteiger partial charge is 0.507 e. The van der Waals surface area contributed by atoms with Crippen LogP contribution in [0.4, 0.5) is 0 Å². The van der Waals surface area contributed by atoms with Gasteiger partial charge in [-0.2, -0.15) is 0 Å². The molecule has 1 aromatic carbocycles. The predicted molar refractivity (Wildman–Crippen MR) is 101 cm³/mol. The van der Waals surface area contributed by atoms with Crippen molar-refractivity contribution in [2.45, 2.75) is 19.3 Å². The van der Waals surface area contributed by atoms with E-state index in [-0.39, 0.29) is 41.3 Å². The summed E-state index contributed by atoms with van der Waals surface area (Å²) >= 11 is 6.23. The Hall–Kier alpha value is -3.26. The average Bonchev–Trinajstić information content (AvgIpc) is 2.56. The Morgan fingerprint density at radius 3 is 1.48 bits per heavy atom. The van der Waals surface area contributed by atoms with Crippen LogP contribution in [0, 0.1) is 0 Å². The molecule has 0 radical (unpaired) electrons. The van der Waals surface area contributed by atoms with Crippen LogP contribution >= 0.6 is 11.6 Å². The van der Waals surface area contributed by atoms with E-state index in [2.05, 4.69) is 0 Å². The molecule has 0 saturated heterocycles. The third-order valence-corrected chi connectivity index (χ3v) is 3.91. The molecule has 144 valence electrons. The first-order valence-electron chi connectivity index (χ1n) is 7.77. The Balaban J connectivity index is 3.44. The molecule has 27 heavy (non-hydrogen) atoms. The second kappa shape index (κ2) is 10.0. The zero-order chi connectivity index (χ0) is 20.6. The first-order valence-corrected chi connectivity index (χ1v) is 8.14. The second-order valence-corrected chi connectivity index (χ2v) is 5.85. The second-order valence-electron chi connectivity index (χ2n) is 5.47. The van der Waals surface area contributed by atoms with E-state index in [1.54, 1.807) is 0 Å². The molecule has 0 fully saturated rings. The summed E-state index contributed by atoms with van der Waals surface area (Å²) in [6, 6.07) is 0. The topological polar surface area (TPSA) is 170 Å². The summed E-state index contributed by atoms with van der Waals surface area (Å²) in [7, 11) is 0. The Labute approximate surface area is 160 Å². The first kappa shape index (κ1) is 21.8.